The van der Waals surface area contributed by atoms with E-state index in [1.807, 2.05) is 30.0 Å². The van der Waals surface area contributed by atoms with E-state index in [2.05, 4.69) is 28.4 Å². The van der Waals surface area contributed by atoms with Crippen molar-refractivity contribution in [3.05, 3.63) is 65.4 Å². The smallest absolute Gasteiger partial charge is 0.268 e. The number of nitrogens with zero attached hydrogens (tertiary/aromatic N) is 3. The lowest BCUT2D eigenvalue weighted by Crippen LogP contribution is -2.34. The fourth-order valence-electron chi connectivity index (χ4n) is 4.30. The molecule has 9 heteroatoms. The zero-order valence-corrected chi connectivity index (χ0v) is 19.9. The molecule has 0 radical (unpaired) electrons. The topological polar surface area (TPSA) is 96.3 Å². The summed E-state index contributed by atoms with van der Waals surface area (Å²) in [6.07, 6.45) is 5.26. The first-order chi connectivity index (χ1) is 16.4. The van der Waals surface area contributed by atoms with Gasteiger partial charge in [-0.25, -0.2) is 4.98 Å². The van der Waals surface area contributed by atoms with E-state index in [-0.39, 0.29) is 23.8 Å². The molecule has 0 saturated carbocycles. The molecule has 34 heavy (non-hydrogen) atoms. The Morgan fingerprint density at radius 1 is 1.18 bits per heavy atom. The standard InChI is InChI=1S/C25H27N5O3S/c1-4-21(31)26-17-13-20(34-15-17)24(33)28-25-27-19-11-8-9-16(3)23(19)30(25)18-10-6-7-12-29(14-18)22(32)5-2/h4-5,8-9,11,13,15,18H,1-2,6-7,10,12,14H2,3H3,(H,26,31)(H,27,28,33)/t18-/m1/s1. The first kappa shape index (κ1) is 23.4. The van der Waals surface area contributed by atoms with E-state index in [1.165, 1.54) is 23.5 Å². The first-order valence-electron chi connectivity index (χ1n) is 11.1. The van der Waals surface area contributed by atoms with Crippen LogP contribution in [0.3, 0.4) is 0 Å². The fraction of sp³-hybridized carbons (Fsp3) is 0.280. The number of nitrogens with one attached hydrogen (secondary N) is 2. The molecule has 3 amide bonds. The van der Waals surface area contributed by atoms with Crippen LogP contribution in [0.5, 0.6) is 0 Å². The van der Waals surface area contributed by atoms with Crippen LogP contribution in [0.1, 0.15) is 40.5 Å². The van der Waals surface area contributed by atoms with Crippen molar-refractivity contribution in [1.29, 1.82) is 0 Å². The lowest BCUT2D eigenvalue weighted by atomic mass is 10.1. The van der Waals surface area contributed by atoms with Crippen LogP contribution >= 0.6 is 11.3 Å². The van der Waals surface area contributed by atoms with Gasteiger partial charge in [-0.2, -0.15) is 0 Å². The summed E-state index contributed by atoms with van der Waals surface area (Å²) >= 11 is 1.23. The maximum atomic E-state index is 13.1. The normalized spacial score (nSPS) is 16.0. The van der Waals surface area contributed by atoms with Crippen molar-refractivity contribution >= 4 is 51.7 Å². The number of fused-ring (bicyclic) bond motifs is 1. The van der Waals surface area contributed by atoms with Gasteiger partial charge in [0.05, 0.1) is 27.6 Å². The van der Waals surface area contributed by atoms with Crippen LogP contribution in [0.4, 0.5) is 11.6 Å². The van der Waals surface area contributed by atoms with Crippen molar-refractivity contribution in [3.8, 4) is 0 Å². The number of para-hydroxylation sites is 1. The molecule has 1 atom stereocenters. The van der Waals surface area contributed by atoms with Crippen molar-refractivity contribution in [3.63, 3.8) is 0 Å². The van der Waals surface area contributed by atoms with Gasteiger partial charge in [0.1, 0.15) is 0 Å². The third-order valence-electron chi connectivity index (χ3n) is 5.91. The largest absolute Gasteiger partial charge is 0.337 e. The Balaban J connectivity index is 1.69. The number of benzene rings is 1. The third kappa shape index (κ3) is 4.79. The molecule has 0 unspecified atom stereocenters. The number of thiophene rings is 1. The molecule has 1 aliphatic rings. The van der Waals surface area contributed by atoms with E-state index >= 15 is 0 Å². The van der Waals surface area contributed by atoms with E-state index in [1.54, 1.807) is 11.4 Å². The molecule has 0 aliphatic carbocycles. The minimum Gasteiger partial charge on any atom is -0.337 e. The molecule has 1 fully saturated rings. The van der Waals surface area contributed by atoms with Crippen molar-refractivity contribution in [2.24, 2.45) is 0 Å². The van der Waals surface area contributed by atoms with E-state index in [0.29, 0.717) is 29.6 Å². The summed E-state index contributed by atoms with van der Waals surface area (Å²) < 4.78 is 2.06. The second kappa shape index (κ2) is 10.0. The fourth-order valence-corrected chi connectivity index (χ4v) is 5.04. The Morgan fingerprint density at radius 3 is 2.76 bits per heavy atom. The van der Waals surface area contributed by atoms with Crippen molar-refractivity contribution in [1.82, 2.24) is 14.5 Å². The molecule has 2 aromatic heterocycles. The molecule has 2 N–H and O–H groups in total. The van der Waals surface area contributed by atoms with Gasteiger partial charge in [-0.1, -0.05) is 25.3 Å². The number of aromatic nitrogens is 2. The number of imidazole rings is 1. The maximum Gasteiger partial charge on any atom is 0.268 e. The monoisotopic (exact) mass is 477 g/mol. The highest BCUT2D eigenvalue weighted by Gasteiger charge is 2.27. The van der Waals surface area contributed by atoms with Crippen LogP contribution in [0.2, 0.25) is 0 Å². The minimum atomic E-state index is -0.339. The Labute approximate surface area is 202 Å². The number of rotatable bonds is 6. The van der Waals surface area contributed by atoms with Gasteiger partial charge in [-0.15, -0.1) is 11.3 Å². The average molecular weight is 478 g/mol. The number of aryl methyl sites for hydroxylation is 1. The zero-order chi connectivity index (χ0) is 24.2. The molecule has 0 spiro atoms. The number of anilines is 2. The van der Waals surface area contributed by atoms with Gasteiger partial charge in [-0.3, -0.25) is 19.7 Å². The van der Waals surface area contributed by atoms with E-state index in [9.17, 15) is 14.4 Å². The van der Waals surface area contributed by atoms with Gasteiger partial charge < -0.3 is 14.8 Å². The van der Waals surface area contributed by atoms with E-state index < -0.39 is 0 Å². The Bertz CT molecular complexity index is 1270. The molecule has 1 saturated heterocycles. The molecular weight excluding hydrogens is 450 g/mol. The predicted octanol–water partition coefficient (Wildman–Crippen LogP) is 4.52. The molecule has 4 rings (SSSR count). The van der Waals surface area contributed by atoms with E-state index in [4.69, 9.17) is 4.98 Å². The summed E-state index contributed by atoms with van der Waals surface area (Å²) in [4.78, 5) is 44.0. The van der Waals surface area contributed by atoms with Crippen molar-refractivity contribution in [2.45, 2.75) is 32.2 Å². The predicted molar refractivity (Wildman–Crippen MR) is 135 cm³/mol. The summed E-state index contributed by atoms with van der Waals surface area (Å²) in [5, 5.41) is 7.33. The minimum absolute atomic E-state index is 0.0430. The van der Waals surface area contributed by atoms with Gasteiger partial charge in [-0.05, 0) is 56.0 Å². The summed E-state index contributed by atoms with van der Waals surface area (Å²) in [7, 11) is 0. The summed E-state index contributed by atoms with van der Waals surface area (Å²) in [5.41, 5.74) is 3.31. The quantitative estimate of drug-likeness (QED) is 0.510. The summed E-state index contributed by atoms with van der Waals surface area (Å²) in [6, 6.07) is 7.46. The van der Waals surface area contributed by atoms with Gasteiger partial charge in [0.25, 0.3) is 5.91 Å². The van der Waals surface area contributed by atoms with Gasteiger partial charge in [0, 0.05) is 18.5 Å². The van der Waals surface area contributed by atoms with Crippen LogP contribution in [0.15, 0.2) is 55.0 Å². The Morgan fingerprint density at radius 2 is 2.00 bits per heavy atom. The average Bonchev–Trinajstić information content (AvgIpc) is 3.36. The second-order valence-corrected chi connectivity index (χ2v) is 9.14. The molecule has 1 aromatic carbocycles. The highest BCUT2D eigenvalue weighted by molar-refractivity contribution is 7.12. The molecule has 3 heterocycles. The molecule has 8 nitrogen and oxygen atoms in total. The molecule has 176 valence electrons. The zero-order valence-electron chi connectivity index (χ0n) is 19.0. The highest BCUT2D eigenvalue weighted by Crippen LogP contribution is 2.32. The van der Waals surface area contributed by atoms with Crippen LogP contribution < -0.4 is 10.6 Å². The number of amides is 3. The lowest BCUT2D eigenvalue weighted by molar-refractivity contribution is -0.126. The van der Waals surface area contributed by atoms with Gasteiger partial charge in [0.2, 0.25) is 17.8 Å². The number of likely N-dealkylation sites (tertiary alicyclic amines) is 1. The van der Waals surface area contributed by atoms with Crippen LogP contribution in [-0.2, 0) is 9.59 Å². The molecule has 1 aliphatic heterocycles. The lowest BCUT2D eigenvalue weighted by Gasteiger charge is -2.26. The highest BCUT2D eigenvalue weighted by atomic mass is 32.1. The maximum absolute atomic E-state index is 13.1. The number of hydrogen-bond donors (Lipinski definition) is 2. The number of carbonyl (C=O) groups is 3. The third-order valence-corrected chi connectivity index (χ3v) is 6.84. The Kier molecular flexibility index (Phi) is 6.93. The van der Waals surface area contributed by atoms with Gasteiger partial charge in [0.15, 0.2) is 0 Å². The SMILES string of the molecule is C=CC(=O)Nc1csc(C(=O)Nc2nc3cccc(C)c3n2[C@@H]2CCCCN(C(=O)C=C)C2)c1. The van der Waals surface area contributed by atoms with E-state index in [0.717, 1.165) is 35.9 Å². The number of carbonyl (C=O) groups excluding carboxylic acids is 3. The molecule has 3 aromatic rings. The summed E-state index contributed by atoms with van der Waals surface area (Å²) in [5.74, 6) is -0.302. The van der Waals surface area contributed by atoms with Crippen LogP contribution in [0.25, 0.3) is 11.0 Å². The Hall–Kier alpha value is -3.72. The first-order valence-corrected chi connectivity index (χ1v) is 12.0. The van der Waals surface area contributed by atoms with Crippen molar-refractivity contribution in [2.75, 3.05) is 23.7 Å². The number of hydrogen-bond acceptors (Lipinski definition) is 5. The van der Waals surface area contributed by atoms with Crippen LogP contribution in [-0.4, -0.2) is 45.3 Å². The van der Waals surface area contributed by atoms with Crippen molar-refractivity contribution < 1.29 is 14.4 Å². The van der Waals surface area contributed by atoms with Crippen LogP contribution in [0, 0.1) is 6.92 Å². The molecule has 0 bridgehead atoms. The van der Waals surface area contributed by atoms with Gasteiger partial charge >= 0.3 is 0 Å². The molecular formula is C25H27N5O3S. The second-order valence-electron chi connectivity index (χ2n) is 8.23. The summed E-state index contributed by atoms with van der Waals surface area (Å²) in [6.45, 7) is 10.3.